The summed E-state index contributed by atoms with van der Waals surface area (Å²) in [6.07, 6.45) is 5.53. The number of unbranched alkanes of at least 4 members (excludes halogenated alkanes) is 2. The van der Waals surface area contributed by atoms with E-state index < -0.39 is 70.6 Å². The largest absolute Gasteiger partial charge is 1.00 e. The maximum atomic E-state index is 13.0. The molecule has 0 aliphatic carbocycles. The summed E-state index contributed by atoms with van der Waals surface area (Å²) in [5.74, 6) is -1.99. The van der Waals surface area contributed by atoms with Gasteiger partial charge in [-0.3, -0.25) is 10.5 Å². The van der Waals surface area contributed by atoms with E-state index in [1.54, 1.807) is 24.3 Å². The Kier molecular flexibility index (Phi) is 24.4. The Balaban J connectivity index is 0.00000641. The summed E-state index contributed by atoms with van der Waals surface area (Å²) in [5.41, 5.74) is 9.61. The topological polar surface area (TPSA) is 284 Å². The van der Waals surface area contributed by atoms with E-state index in [-0.39, 0.29) is 147 Å². The number of fused-ring (bicyclic) bond motifs is 2. The predicted octanol–water partition coefficient (Wildman–Crippen LogP) is -7.16. The van der Waals surface area contributed by atoms with Crippen LogP contribution in [0.3, 0.4) is 0 Å². The second kappa shape index (κ2) is 25.2. The minimum Gasteiger partial charge on any atom is -0.748 e. The quantitative estimate of drug-likeness (QED) is 0.0172. The number of nitrogens with zero attached hydrogens (tertiary/aromatic N) is 2. The normalized spacial score (nSPS) is 16.5. The summed E-state index contributed by atoms with van der Waals surface area (Å²) in [6, 6.07) is 10.3. The van der Waals surface area contributed by atoms with Crippen molar-refractivity contribution >= 4 is 70.6 Å². The molecule has 2 heterocycles. The molecule has 18 nitrogen and oxygen atoms in total. The monoisotopic (exact) mass is 984 g/mol. The first-order chi connectivity index (χ1) is 27.3. The Morgan fingerprint density at radius 1 is 0.887 bits per heavy atom. The molecule has 2 aromatic carbocycles. The van der Waals surface area contributed by atoms with Crippen molar-refractivity contribution in [2.75, 3.05) is 41.8 Å². The second-order valence-electron chi connectivity index (χ2n) is 15.1. The van der Waals surface area contributed by atoms with E-state index in [0.717, 1.165) is 33.9 Å². The Bertz CT molecular complexity index is 2360. The van der Waals surface area contributed by atoms with E-state index >= 15 is 0 Å². The molecule has 1 amide bonds. The Hall–Kier alpha value is -0.204. The Morgan fingerprint density at radius 2 is 1.50 bits per heavy atom. The molecule has 62 heavy (non-hydrogen) atoms. The fourth-order valence-electron chi connectivity index (χ4n) is 7.20. The SMILES string of the molecule is CC1(C)C(C=C/C=C2/N(CCCCS(=O)(=O)[O-])c3ccc(C(=O)NCCS(=O)(=O)[O-])cc3C2(C)C)=[N+](CCCCS(=O)(=O)[O-])c2ccc(OC(N)CC(=S)OO[O-])cc21.[K+].[Na+].[Na+]. The number of allylic oxidation sites excluding steroid dienone is 4. The fourth-order valence-corrected chi connectivity index (χ4v) is 8.86. The van der Waals surface area contributed by atoms with Gasteiger partial charge in [-0.1, -0.05) is 19.9 Å². The minimum atomic E-state index is -4.54. The Labute approximate surface area is 455 Å². The van der Waals surface area contributed by atoms with Crippen molar-refractivity contribution < 1.29 is 179 Å². The van der Waals surface area contributed by atoms with Gasteiger partial charge in [0.15, 0.2) is 11.9 Å². The number of ether oxygens (including phenoxy) is 1. The van der Waals surface area contributed by atoms with Gasteiger partial charge in [0.1, 0.15) is 12.3 Å². The first kappa shape index (κ1) is 59.8. The third-order valence-corrected chi connectivity index (χ3v) is 12.5. The number of carbonyl (C=O) groups excluding carboxylic acids is 1. The molecular weight excluding hydrogens is 938 g/mol. The van der Waals surface area contributed by atoms with Crippen molar-refractivity contribution in [1.82, 2.24) is 5.32 Å². The van der Waals surface area contributed by atoms with E-state index in [1.165, 1.54) is 0 Å². The van der Waals surface area contributed by atoms with Gasteiger partial charge >= 0.3 is 110 Å². The Morgan fingerprint density at radius 3 is 2.10 bits per heavy atom. The van der Waals surface area contributed by atoms with Crippen LogP contribution in [-0.2, 0) is 51.1 Å². The van der Waals surface area contributed by atoms with Gasteiger partial charge in [0.25, 0.3) is 5.91 Å². The van der Waals surface area contributed by atoms with E-state index in [9.17, 15) is 49.0 Å². The van der Waals surface area contributed by atoms with Crippen LogP contribution < -0.4 is 136 Å². The summed E-state index contributed by atoms with van der Waals surface area (Å²) >= 11 is 4.90. The number of carbonyl (C=O) groups is 1. The van der Waals surface area contributed by atoms with Gasteiger partial charge < -0.3 is 38.8 Å². The van der Waals surface area contributed by atoms with Crippen LogP contribution >= 0.6 is 12.2 Å². The zero-order valence-electron chi connectivity index (χ0n) is 35.9. The van der Waals surface area contributed by atoms with E-state index in [0.29, 0.717) is 31.7 Å². The van der Waals surface area contributed by atoms with E-state index in [1.807, 2.05) is 67.5 Å². The average molecular weight is 985 g/mol. The standard InChI is InChI=1S/C37H50N4O14S4.K.2Na/c1-36(2)27-22-25(35(42)39-16-21-59(50,51)52)12-14-29(27)40(17-5-7-19-57(44,45)46)31(36)10-9-11-32-37(3,4)28-23-26(53-33(38)24-34(56)54-55-43)13-15-30(28)41(32)18-6-8-20-58(47,48)49;;;/h9-15,22-23,33H,5-8,16-21,24,38H2,1-4H3,(H4-,39,42,43,44,45,46,47,48,49,50,51,52);;;/q;3*+1/p-3. The molecule has 326 valence electrons. The molecule has 2 aromatic rings. The number of benzene rings is 2. The molecule has 1 unspecified atom stereocenters. The summed E-state index contributed by atoms with van der Waals surface area (Å²) in [6.45, 7) is 8.18. The number of amides is 1. The molecule has 0 radical (unpaired) electrons. The summed E-state index contributed by atoms with van der Waals surface area (Å²) in [7, 11) is -13.4. The van der Waals surface area contributed by atoms with Crippen LogP contribution in [0.5, 0.6) is 5.75 Å². The third-order valence-electron chi connectivity index (χ3n) is 10.00. The van der Waals surface area contributed by atoms with Gasteiger partial charge in [0.2, 0.25) is 10.7 Å². The first-order valence-corrected chi connectivity index (χ1v) is 23.6. The molecule has 25 heteroatoms. The first-order valence-electron chi connectivity index (χ1n) is 18.4. The van der Waals surface area contributed by atoms with Crippen molar-refractivity contribution in [3.05, 3.63) is 77.0 Å². The van der Waals surface area contributed by atoms with Crippen molar-refractivity contribution in [3.63, 3.8) is 0 Å². The number of nitrogens with one attached hydrogen (secondary N) is 1. The molecule has 4 rings (SSSR count). The molecule has 2 aliphatic heterocycles. The van der Waals surface area contributed by atoms with Crippen molar-refractivity contribution in [3.8, 4) is 5.75 Å². The maximum Gasteiger partial charge on any atom is 1.00 e. The van der Waals surface area contributed by atoms with E-state index in [2.05, 4.69) is 15.2 Å². The number of anilines is 1. The number of hydrogen-bond donors (Lipinski definition) is 2. The maximum absolute atomic E-state index is 13.0. The number of nitrogens with two attached hydrogens (primary N) is 1. The zero-order chi connectivity index (χ0) is 44.0. The molecule has 2 aliphatic rings. The fraction of sp³-hybridized carbons (Fsp3) is 0.486. The molecule has 3 N–H and O–H groups in total. The van der Waals surface area contributed by atoms with E-state index in [4.69, 9.17) is 22.7 Å². The number of rotatable bonds is 21. The van der Waals surface area contributed by atoms with Gasteiger partial charge in [-0.05, 0) is 87.3 Å². The van der Waals surface area contributed by atoms with Gasteiger partial charge in [0, 0.05) is 71.1 Å². The summed E-state index contributed by atoms with van der Waals surface area (Å²) < 4.78 is 109. The van der Waals surface area contributed by atoms with Crippen LogP contribution in [0.4, 0.5) is 11.4 Å². The number of thiocarbonyl (C=S) groups is 1. The molecule has 0 aromatic heterocycles. The van der Waals surface area contributed by atoms with Crippen LogP contribution in [0, 0.1) is 0 Å². The predicted molar refractivity (Wildman–Crippen MR) is 216 cm³/mol. The van der Waals surface area contributed by atoms with Crippen LogP contribution in [-0.4, -0.2) is 103 Å². The summed E-state index contributed by atoms with van der Waals surface area (Å²) in [5, 5.41) is 15.9. The molecule has 0 saturated heterocycles. The van der Waals surface area contributed by atoms with Gasteiger partial charge in [-0.15, -0.1) is 0 Å². The third kappa shape index (κ3) is 17.1. The van der Waals surface area contributed by atoms with Gasteiger partial charge in [0.05, 0.1) is 47.9 Å². The van der Waals surface area contributed by atoms with Crippen LogP contribution in [0.25, 0.3) is 0 Å². The minimum absolute atomic E-state index is 0. The smallest absolute Gasteiger partial charge is 0.748 e. The van der Waals surface area contributed by atoms with Crippen molar-refractivity contribution in [2.45, 2.75) is 76.9 Å². The van der Waals surface area contributed by atoms with Crippen LogP contribution in [0.15, 0.2) is 60.3 Å². The molecule has 0 bridgehead atoms. The zero-order valence-corrected chi connectivity index (χ0v) is 46.3. The van der Waals surface area contributed by atoms with Gasteiger partial charge in [-0.2, -0.15) is 4.58 Å². The molecule has 0 saturated carbocycles. The summed E-state index contributed by atoms with van der Waals surface area (Å²) in [4.78, 5) is 19.3. The van der Waals surface area contributed by atoms with Crippen molar-refractivity contribution in [2.24, 2.45) is 5.73 Å². The van der Waals surface area contributed by atoms with Gasteiger partial charge in [-0.25, -0.2) is 30.3 Å². The van der Waals surface area contributed by atoms with Crippen LogP contribution in [0.1, 0.15) is 81.3 Å². The van der Waals surface area contributed by atoms with Crippen LogP contribution in [0.2, 0.25) is 0 Å². The molecule has 1 atom stereocenters. The second-order valence-corrected chi connectivity index (χ2v) is 20.1. The molecule has 0 fully saturated rings. The van der Waals surface area contributed by atoms with Crippen molar-refractivity contribution in [1.29, 1.82) is 0 Å². The number of hydrogen-bond acceptors (Lipinski definition) is 17. The average Bonchev–Trinajstić information content (AvgIpc) is 3.44. The molecular formula is C37H47KN4Na2O14S4. The molecule has 0 spiro atoms.